The van der Waals surface area contributed by atoms with Gasteiger partial charge >= 0.3 is 0 Å². The molecule has 90 valence electrons. The number of ether oxygens (including phenoxy) is 1. The molecule has 0 aliphatic carbocycles. The molecule has 0 unspecified atom stereocenters. The first-order valence-electron chi connectivity index (χ1n) is 5.70. The number of aromatic amines is 1. The number of hydrogen-bond donors (Lipinski definition) is 1. The Labute approximate surface area is 110 Å². The number of aromatic nitrogens is 1. The van der Waals surface area contributed by atoms with Crippen molar-refractivity contribution in [2.24, 2.45) is 0 Å². The summed E-state index contributed by atoms with van der Waals surface area (Å²) in [6.45, 7) is 0. The van der Waals surface area contributed by atoms with Gasteiger partial charge in [0.1, 0.15) is 5.75 Å². The predicted molar refractivity (Wildman–Crippen MR) is 75.3 cm³/mol. The van der Waals surface area contributed by atoms with Gasteiger partial charge in [-0.3, -0.25) is 0 Å². The van der Waals surface area contributed by atoms with Crippen LogP contribution in [0, 0.1) is 0 Å². The van der Waals surface area contributed by atoms with Gasteiger partial charge in [0.2, 0.25) is 0 Å². The van der Waals surface area contributed by atoms with E-state index in [2.05, 4.69) is 11.1 Å². The van der Waals surface area contributed by atoms with Gasteiger partial charge in [-0.2, -0.15) is 0 Å². The summed E-state index contributed by atoms with van der Waals surface area (Å²) in [5.74, 6) is 0.847. The second-order valence-corrected chi connectivity index (χ2v) is 4.49. The van der Waals surface area contributed by atoms with Gasteiger partial charge in [0.05, 0.1) is 12.8 Å². The number of nitrogens with one attached hydrogen (secondary N) is 1. The largest absolute Gasteiger partial charge is 0.496 e. The smallest absolute Gasteiger partial charge is 0.128 e. The van der Waals surface area contributed by atoms with Crippen LogP contribution in [0.5, 0.6) is 5.75 Å². The minimum absolute atomic E-state index is 0.755. The van der Waals surface area contributed by atoms with Gasteiger partial charge in [-0.25, -0.2) is 0 Å². The molecule has 0 radical (unpaired) electrons. The fraction of sp³-hybridized carbons (Fsp3) is 0.0667. The van der Waals surface area contributed by atoms with Crippen molar-refractivity contribution in [1.29, 1.82) is 0 Å². The Morgan fingerprint density at radius 2 is 1.89 bits per heavy atom. The molecule has 1 heterocycles. The standard InChI is InChI=1S/C15H12ClNO/c1-18-15-8-3-2-5-10(15)14-9-11-12(16)6-4-7-13(11)17-14/h2-9,17H,1H3. The number of methoxy groups -OCH3 is 1. The van der Waals surface area contributed by atoms with E-state index in [1.807, 2.05) is 42.5 Å². The highest BCUT2D eigenvalue weighted by Crippen LogP contribution is 2.33. The minimum Gasteiger partial charge on any atom is -0.496 e. The second-order valence-electron chi connectivity index (χ2n) is 4.08. The lowest BCUT2D eigenvalue weighted by atomic mass is 10.1. The number of rotatable bonds is 2. The number of hydrogen-bond acceptors (Lipinski definition) is 1. The minimum atomic E-state index is 0.755. The maximum atomic E-state index is 6.18. The Hall–Kier alpha value is -1.93. The summed E-state index contributed by atoms with van der Waals surface area (Å²) in [5.41, 5.74) is 3.08. The number of halogens is 1. The molecule has 0 saturated carbocycles. The van der Waals surface area contributed by atoms with Crippen LogP contribution in [0.3, 0.4) is 0 Å². The van der Waals surface area contributed by atoms with Crippen LogP contribution < -0.4 is 4.74 Å². The summed E-state index contributed by atoms with van der Waals surface area (Å²) in [4.78, 5) is 3.36. The lowest BCUT2D eigenvalue weighted by molar-refractivity contribution is 0.416. The molecule has 3 rings (SSSR count). The molecule has 18 heavy (non-hydrogen) atoms. The average molecular weight is 258 g/mol. The van der Waals surface area contributed by atoms with Gasteiger partial charge < -0.3 is 9.72 Å². The van der Waals surface area contributed by atoms with Crippen LogP contribution in [-0.2, 0) is 0 Å². The molecule has 1 N–H and O–H groups in total. The van der Waals surface area contributed by atoms with Crippen LogP contribution in [0.15, 0.2) is 48.5 Å². The fourth-order valence-electron chi connectivity index (χ4n) is 2.13. The van der Waals surface area contributed by atoms with E-state index in [4.69, 9.17) is 16.3 Å². The zero-order valence-electron chi connectivity index (χ0n) is 9.91. The topological polar surface area (TPSA) is 25.0 Å². The van der Waals surface area contributed by atoms with Crippen LogP contribution in [-0.4, -0.2) is 12.1 Å². The quantitative estimate of drug-likeness (QED) is 0.719. The van der Waals surface area contributed by atoms with E-state index in [0.29, 0.717) is 0 Å². The van der Waals surface area contributed by atoms with E-state index in [9.17, 15) is 0 Å². The highest BCUT2D eigenvalue weighted by molar-refractivity contribution is 6.35. The van der Waals surface area contributed by atoms with Crippen molar-refractivity contribution < 1.29 is 4.74 Å². The first kappa shape index (κ1) is 11.2. The molecule has 0 bridgehead atoms. The van der Waals surface area contributed by atoms with Crippen LogP contribution in [0.2, 0.25) is 5.02 Å². The van der Waals surface area contributed by atoms with Crippen molar-refractivity contribution in [2.75, 3.05) is 7.11 Å². The van der Waals surface area contributed by atoms with E-state index in [-0.39, 0.29) is 0 Å². The van der Waals surface area contributed by atoms with Crippen LogP contribution >= 0.6 is 11.6 Å². The lowest BCUT2D eigenvalue weighted by Gasteiger charge is -2.05. The third-order valence-electron chi connectivity index (χ3n) is 3.01. The van der Waals surface area contributed by atoms with Crippen molar-refractivity contribution in [3.8, 4) is 17.0 Å². The average Bonchev–Trinajstić information content (AvgIpc) is 2.84. The van der Waals surface area contributed by atoms with Crippen LogP contribution in [0.25, 0.3) is 22.2 Å². The van der Waals surface area contributed by atoms with Gasteiger partial charge in [-0.05, 0) is 30.3 Å². The highest BCUT2D eigenvalue weighted by atomic mass is 35.5. The van der Waals surface area contributed by atoms with Gasteiger partial charge in [-0.15, -0.1) is 0 Å². The molecular weight excluding hydrogens is 246 g/mol. The molecule has 3 aromatic rings. The van der Waals surface area contributed by atoms with E-state index < -0.39 is 0 Å². The van der Waals surface area contributed by atoms with Gasteiger partial charge in [0.15, 0.2) is 0 Å². The van der Waals surface area contributed by atoms with Gasteiger partial charge in [-0.1, -0.05) is 29.8 Å². The van der Waals surface area contributed by atoms with Gasteiger partial charge in [0, 0.05) is 21.5 Å². The number of H-pyrrole nitrogens is 1. The Bertz CT molecular complexity index is 703. The summed E-state index contributed by atoms with van der Waals surface area (Å²) in [7, 11) is 1.68. The Morgan fingerprint density at radius 3 is 2.67 bits per heavy atom. The van der Waals surface area contributed by atoms with Crippen molar-refractivity contribution in [3.63, 3.8) is 0 Å². The summed E-state index contributed by atoms with van der Waals surface area (Å²) in [6, 6.07) is 15.8. The monoisotopic (exact) mass is 257 g/mol. The van der Waals surface area contributed by atoms with E-state index in [1.165, 1.54) is 0 Å². The SMILES string of the molecule is COc1ccccc1-c1cc2c(Cl)cccc2[nH]1. The second kappa shape index (κ2) is 4.39. The molecule has 0 fully saturated rings. The number of fused-ring (bicyclic) bond motifs is 1. The first-order valence-corrected chi connectivity index (χ1v) is 6.08. The molecule has 0 atom stereocenters. The Balaban J connectivity index is 2.23. The zero-order chi connectivity index (χ0) is 12.5. The Morgan fingerprint density at radius 1 is 1.06 bits per heavy atom. The third kappa shape index (κ3) is 1.75. The van der Waals surface area contributed by atoms with Crippen LogP contribution in [0.1, 0.15) is 0 Å². The van der Waals surface area contributed by atoms with Gasteiger partial charge in [0.25, 0.3) is 0 Å². The Kier molecular flexibility index (Phi) is 2.73. The summed E-state index contributed by atoms with van der Waals surface area (Å²) >= 11 is 6.18. The molecule has 2 aromatic carbocycles. The molecule has 0 spiro atoms. The molecule has 0 aliphatic heterocycles. The predicted octanol–water partition coefficient (Wildman–Crippen LogP) is 4.50. The lowest BCUT2D eigenvalue weighted by Crippen LogP contribution is -1.86. The maximum Gasteiger partial charge on any atom is 0.128 e. The molecule has 0 saturated heterocycles. The number of benzene rings is 2. The van der Waals surface area contributed by atoms with Crippen molar-refractivity contribution in [1.82, 2.24) is 4.98 Å². The molecule has 2 nitrogen and oxygen atoms in total. The summed E-state index contributed by atoms with van der Waals surface area (Å²) < 4.78 is 5.37. The zero-order valence-corrected chi connectivity index (χ0v) is 10.7. The molecule has 3 heteroatoms. The fourth-order valence-corrected chi connectivity index (χ4v) is 2.36. The summed E-state index contributed by atoms with van der Waals surface area (Å²) in [5, 5.41) is 1.78. The van der Waals surface area contributed by atoms with E-state index in [1.54, 1.807) is 7.11 Å². The van der Waals surface area contributed by atoms with Crippen molar-refractivity contribution in [2.45, 2.75) is 0 Å². The third-order valence-corrected chi connectivity index (χ3v) is 3.34. The summed E-state index contributed by atoms with van der Waals surface area (Å²) in [6.07, 6.45) is 0. The van der Waals surface area contributed by atoms with Crippen LogP contribution in [0.4, 0.5) is 0 Å². The van der Waals surface area contributed by atoms with Crippen molar-refractivity contribution >= 4 is 22.5 Å². The molecule has 0 amide bonds. The van der Waals surface area contributed by atoms with Crippen molar-refractivity contribution in [3.05, 3.63) is 53.6 Å². The number of para-hydroxylation sites is 1. The highest BCUT2D eigenvalue weighted by Gasteiger charge is 2.09. The molecule has 0 aliphatic rings. The van der Waals surface area contributed by atoms with E-state index in [0.717, 1.165) is 32.9 Å². The first-order chi connectivity index (χ1) is 8.79. The maximum absolute atomic E-state index is 6.18. The normalized spacial score (nSPS) is 10.8. The molecular formula is C15H12ClNO. The molecule has 1 aromatic heterocycles. The van der Waals surface area contributed by atoms with E-state index >= 15 is 0 Å².